The van der Waals surface area contributed by atoms with Crippen LogP contribution in [0, 0.1) is 6.92 Å². The first-order valence-electron chi connectivity index (χ1n) is 6.13. The molecule has 1 N–H and O–H groups in total. The van der Waals surface area contributed by atoms with Gasteiger partial charge in [-0.3, -0.25) is 14.2 Å². The van der Waals surface area contributed by atoms with Gasteiger partial charge < -0.3 is 5.32 Å². The van der Waals surface area contributed by atoms with Crippen molar-refractivity contribution in [2.24, 2.45) is 0 Å². The molecule has 2 heterocycles. The number of halogens is 1. The van der Waals surface area contributed by atoms with Gasteiger partial charge in [0.25, 0.3) is 5.91 Å². The Kier molecular flexibility index (Phi) is 4.04. The number of amides is 1. The van der Waals surface area contributed by atoms with Crippen molar-refractivity contribution in [3.8, 4) is 0 Å². The van der Waals surface area contributed by atoms with Crippen LogP contribution in [0.3, 0.4) is 0 Å². The number of anilines is 1. The molecule has 0 atom stereocenters. The normalized spacial score (nSPS) is 10.7. The summed E-state index contributed by atoms with van der Waals surface area (Å²) in [5, 5.41) is 11.2. The number of hydrogen-bond acceptors (Lipinski definition) is 3. The third kappa shape index (κ3) is 2.70. The molecule has 19 heavy (non-hydrogen) atoms. The third-order valence-electron chi connectivity index (χ3n) is 2.91. The molecule has 2 aromatic heterocycles. The fourth-order valence-corrected chi connectivity index (χ4v) is 2.28. The number of carbonyl (C=O) groups is 1. The molecule has 2 aromatic rings. The van der Waals surface area contributed by atoms with Crippen LogP contribution in [0.4, 0.5) is 5.69 Å². The van der Waals surface area contributed by atoms with Crippen LogP contribution in [-0.2, 0) is 13.1 Å². The van der Waals surface area contributed by atoms with Gasteiger partial charge in [0.05, 0.1) is 22.1 Å². The van der Waals surface area contributed by atoms with E-state index in [0.717, 1.165) is 18.8 Å². The Morgan fingerprint density at radius 3 is 2.68 bits per heavy atom. The Morgan fingerprint density at radius 1 is 1.42 bits per heavy atom. The Hall–Kier alpha value is -1.63. The average molecular weight is 326 g/mol. The molecule has 0 saturated carbocycles. The first-order chi connectivity index (χ1) is 9.06. The highest BCUT2D eigenvalue weighted by Gasteiger charge is 2.17. The SMILES string of the molecule is CCn1cc(Br)c(C(=O)Nc2cnn(CC)c2C)n1. The molecule has 2 rings (SSSR count). The van der Waals surface area contributed by atoms with Crippen LogP contribution < -0.4 is 5.32 Å². The maximum atomic E-state index is 12.2. The van der Waals surface area contributed by atoms with Gasteiger partial charge in [-0.05, 0) is 36.7 Å². The van der Waals surface area contributed by atoms with Crippen molar-refractivity contribution in [2.75, 3.05) is 5.32 Å². The molecule has 1 amide bonds. The largest absolute Gasteiger partial charge is 0.318 e. The van der Waals surface area contributed by atoms with E-state index in [-0.39, 0.29) is 5.91 Å². The smallest absolute Gasteiger partial charge is 0.277 e. The lowest BCUT2D eigenvalue weighted by Crippen LogP contribution is -2.14. The van der Waals surface area contributed by atoms with Crippen molar-refractivity contribution < 1.29 is 4.79 Å². The zero-order valence-corrected chi connectivity index (χ0v) is 12.7. The molecule has 0 bridgehead atoms. The van der Waals surface area contributed by atoms with Gasteiger partial charge in [-0.1, -0.05) is 0 Å². The number of nitrogens with zero attached hydrogens (tertiary/aromatic N) is 4. The number of rotatable bonds is 4. The number of carbonyl (C=O) groups excluding carboxylic acids is 1. The van der Waals surface area contributed by atoms with E-state index in [4.69, 9.17) is 0 Å². The minimum Gasteiger partial charge on any atom is -0.318 e. The van der Waals surface area contributed by atoms with Gasteiger partial charge >= 0.3 is 0 Å². The predicted octanol–water partition coefficient (Wildman–Crippen LogP) is 2.44. The summed E-state index contributed by atoms with van der Waals surface area (Å²) >= 11 is 3.34. The minimum atomic E-state index is -0.238. The summed E-state index contributed by atoms with van der Waals surface area (Å²) in [6, 6.07) is 0. The van der Waals surface area contributed by atoms with Crippen LogP contribution in [0.1, 0.15) is 30.0 Å². The van der Waals surface area contributed by atoms with Crippen LogP contribution >= 0.6 is 15.9 Å². The van der Waals surface area contributed by atoms with Crippen molar-refractivity contribution >= 4 is 27.5 Å². The number of hydrogen-bond donors (Lipinski definition) is 1. The molecule has 6 nitrogen and oxygen atoms in total. The lowest BCUT2D eigenvalue weighted by atomic mass is 10.3. The Labute approximate surface area is 119 Å². The first-order valence-corrected chi connectivity index (χ1v) is 6.92. The molecular formula is C12H16BrN5O. The van der Waals surface area contributed by atoms with Gasteiger partial charge in [0, 0.05) is 19.3 Å². The van der Waals surface area contributed by atoms with Crippen LogP contribution in [0.15, 0.2) is 16.9 Å². The highest BCUT2D eigenvalue weighted by molar-refractivity contribution is 9.10. The van der Waals surface area contributed by atoms with Gasteiger partial charge in [0.1, 0.15) is 0 Å². The minimum absolute atomic E-state index is 0.238. The van der Waals surface area contributed by atoms with E-state index in [2.05, 4.69) is 31.4 Å². The van der Waals surface area contributed by atoms with Crippen molar-refractivity contribution in [1.29, 1.82) is 0 Å². The van der Waals surface area contributed by atoms with Crippen molar-refractivity contribution in [3.05, 3.63) is 28.3 Å². The van der Waals surface area contributed by atoms with Gasteiger partial charge in [0.15, 0.2) is 5.69 Å². The molecule has 0 aromatic carbocycles. The molecule has 0 aliphatic heterocycles. The summed E-state index contributed by atoms with van der Waals surface area (Å²) in [6.45, 7) is 7.39. The molecule has 0 saturated heterocycles. The molecular weight excluding hydrogens is 310 g/mol. The van der Waals surface area contributed by atoms with E-state index in [0.29, 0.717) is 15.9 Å². The fraction of sp³-hybridized carbons (Fsp3) is 0.417. The monoisotopic (exact) mass is 325 g/mol. The Balaban J connectivity index is 2.20. The molecule has 102 valence electrons. The summed E-state index contributed by atoms with van der Waals surface area (Å²) in [4.78, 5) is 12.2. The standard InChI is InChI=1S/C12H16BrN5O/c1-4-17-7-9(13)11(16-17)12(19)15-10-6-14-18(5-2)8(10)3/h6-7H,4-5H2,1-3H3,(H,15,19). The fourth-order valence-electron chi connectivity index (χ4n) is 1.78. The van der Waals surface area contributed by atoms with Gasteiger partial charge in [-0.2, -0.15) is 10.2 Å². The van der Waals surface area contributed by atoms with Crippen LogP contribution in [0.25, 0.3) is 0 Å². The summed E-state index contributed by atoms with van der Waals surface area (Å²) in [6.07, 6.45) is 3.44. The highest BCUT2D eigenvalue weighted by atomic mass is 79.9. The number of aryl methyl sites for hydroxylation is 2. The average Bonchev–Trinajstić information content (AvgIpc) is 2.94. The first kappa shape index (κ1) is 13.8. The Morgan fingerprint density at radius 2 is 2.16 bits per heavy atom. The summed E-state index contributed by atoms with van der Waals surface area (Å²) in [5.74, 6) is -0.238. The topological polar surface area (TPSA) is 64.7 Å². The van der Waals surface area contributed by atoms with E-state index in [1.54, 1.807) is 17.1 Å². The van der Waals surface area contributed by atoms with Gasteiger partial charge in [-0.15, -0.1) is 0 Å². The van der Waals surface area contributed by atoms with E-state index >= 15 is 0 Å². The van der Waals surface area contributed by atoms with E-state index in [9.17, 15) is 4.79 Å². The maximum absolute atomic E-state index is 12.2. The zero-order valence-electron chi connectivity index (χ0n) is 11.1. The molecule has 0 unspecified atom stereocenters. The summed E-state index contributed by atoms with van der Waals surface area (Å²) in [5.41, 5.74) is 2.03. The van der Waals surface area contributed by atoms with Crippen molar-refractivity contribution in [1.82, 2.24) is 19.6 Å². The van der Waals surface area contributed by atoms with Crippen LogP contribution in [-0.4, -0.2) is 25.5 Å². The van der Waals surface area contributed by atoms with E-state index in [1.165, 1.54) is 0 Å². The molecule has 0 fully saturated rings. The lowest BCUT2D eigenvalue weighted by Gasteiger charge is -2.03. The molecule has 0 spiro atoms. The molecule has 7 heteroatoms. The molecule has 0 radical (unpaired) electrons. The second-order valence-electron chi connectivity index (χ2n) is 4.09. The van der Waals surface area contributed by atoms with Crippen molar-refractivity contribution in [2.45, 2.75) is 33.9 Å². The third-order valence-corrected chi connectivity index (χ3v) is 3.49. The zero-order chi connectivity index (χ0) is 14.0. The summed E-state index contributed by atoms with van der Waals surface area (Å²) < 4.78 is 4.23. The second-order valence-corrected chi connectivity index (χ2v) is 4.95. The molecule has 0 aliphatic rings. The van der Waals surface area contributed by atoms with Gasteiger partial charge in [0.2, 0.25) is 0 Å². The van der Waals surface area contributed by atoms with Crippen molar-refractivity contribution in [3.63, 3.8) is 0 Å². The van der Waals surface area contributed by atoms with Gasteiger partial charge in [-0.25, -0.2) is 0 Å². The van der Waals surface area contributed by atoms with E-state index < -0.39 is 0 Å². The maximum Gasteiger partial charge on any atom is 0.277 e. The van der Waals surface area contributed by atoms with E-state index in [1.807, 2.05) is 25.5 Å². The number of nitrogens with one attached hydrogen (secondary N) is 1. The molecule has 0 aliphatic carbocycles. The lowest BCUT2D eigenvalue weighted by molar-refractivity contribution is 0.102. The quantitative estimate of drug-likeness (QED) is 0.938. The Bertz CT molecular complexity index is 601. The number of aromatic nitrogens is 4. The second kappa shape index (κ2) is 5.56. The van der Waals surface area contributed by atoms with Crippen LogP contribution in [0.2, 0.25) is 0 Å². The predicted molar refractivity (Wildman–Crippen MR) is 76.2 cm³/mol. The van der Waals surface area contributed by atoms with Crippen LogP contribution in [0.5, 0.6) is 0 Å². The summed E-state index contributed by atoms with van der Waals surface area (Å²) in [7, 11) is 0. The highest BCUT2D eigenvalue weighted by Crippen LogP contribution is 2.18.